The van der Waals surface area contributed by atoms with Gasteiger partial charge in [0.15, 0.2) is 0 Å². The summed E-state index contributed by atoms with van der Waals surface area (Å²) in [5, 5.41) is 13.9. The van der Waals surface area contributed by atoms with Gasteiger partial charge in [-0.1, -0.05) is 54.6 Å². The number of hydrogen-bond acceptors (Lipinski definition) is 21. The minimum atomic E-state index is -4.02. The Morgan fingerprint density at radius 3 is 1.64 bits per heavy atom. The lowest BCUT2D eigenvalue weighted by Crippen LogP contribution is -2.39. The van der Waals surface area contributed by atoms with Crippen LogP contribution in [0.3, 0.4) is 0 Å². The first-order valence-corrected chi connectivity index (χ1v) is 31.2. The van der Waals surface area contributed by atoms with E-state index in [9.17, 15) is 18.5 Å². The average Bonchev–Trinajstić information content (AvgIpc) is 4.09. The van der Waals surface area contributed by atoms with Crippen LogP contribution in [-0.4, -0.2) is 207 Å². The molecule has 1 saturated heterocycles. The molecule has 0 unspecified atom stereocenters. The van der Waals surface area contributed by atoms with E-state index in [1.165, 1.54) is 24.5 Å². The standard InChI is InChI=1S/C61H84N6O16S2/c1-71-22-23-73-26-27-75-30-31-77-34-35-79-38-39-81-42-43-82-41-40-80-37-36-78-33-32-76-29-28-74-25-24-72-21-17-60(68)67-19-15-50(16-20-67)14-18-63-48-51-6-5-9-54(44-51)57-46-53(52-7-3-2-4-8-52)10-12-59(57)83-58-13-11-56(45-55(58)47-62)85(69,70)66-61-64-49-65-84-61/h2-13,44-46,49-50,63H,14-43,48H2,1H3,(H,64,65,66). The van der Waals surface area contributed by atoms with E-state index < -0.39 is 10.0 Å². The molecule has 0 atom stereocenters. The lowest BCUT2D eigenvalue weighted by molar-refractivity contribution is -0.133. The molecule has 85 heavy (non-hydrogen) atoms. The lowest BCUT2D eigenvalue weighted by Gasteiger charge is -2.32. The molecular formula is C61H84N6O16S2. The number of rotatable bonds is 48. The number of hydrogen-bond donors (Lipinski definition) is 2. The maximum atomic E-state index is 13.1. The molecule has 0 aliphatic carbocycles. The molecule has 2 heterocycles. The van der Waals surface area contributed by atoms with Gasteiger partial charge in [0.05, 0.1) is 169 Å². The Bertz CT molecular complexity index is 2740. The summed E-state index contributed by atoms with van der Waals surface area (Å²) in [5.41, 5.74) is 4.90. The molecule has 5 aromatic rings. The van der Waals surface area contributed by atoms with E-state index in [4.69, 9.17) is 61.6 Å². The third-order valence-corrected chi connectivity index (χ3v) is 15.2. The fourth-order valence-corrected chi connectivity index (χ4v) is 10.3. The van der Waals surface area contributed by atoms with Crippen LogP contribution in [0.4, 0.5) is 5.13 Å². The second-order valence-electron chi connectivity index (χ2n) is 19.3. The first kappa shape index (κ1) is 68.5. The molecule has 0 bridgehead atoms. The molecule has 1 amide bonds. The van der Waals surface area contributed by atoms with E-state index in [0.29, 0.717) is 177 Å². The van der Waals surface area contributed by atoms with E-state index in [-0.39, 0.29) is 27.2 Å². The maximum Gasteiger partial charge on any atom is 0.263 e. The van der Waals surface area contributed by atoms with Gasteiger partial charge in [-0.2, -0.15) is 9.64 Å². The number of aromatic nitrogens is 2. The zero-order valence-electron chi connectivity index (χ0n) is 48.9. The SMILES string of the molecule is COCCOCCOCCOCCOCCOCCOCCOCCOCCOCCOCCOCCC(=O)N1CCC(CCNCc2cccc(-c3cc(-c4ccccc4)ccc3Oc3ccc(S(=O)(=O)Nc4ncns4)cc3C#N)c2)CC1. The van der Waals surface area contributed by atoms with E-state index in [1.54, 1.807) is 7.11 Å². The summed E-state index contributed by atoms with van der Waals surface area (Å²) >= 11 is 0.908. The highest BCUT2D eigenvalue weighted by molar-refractivity contribution is 7.93. The summed E-state index contributed by atoms with van der Waals surface area (Å²) in [6.07, 6.45) is 4.54. The van der Waals surface area contributed by atoms with E-state index in [2.05, 4.69) is 43.7 Å². The van der Waals surface area contributed by atoms with Gasteiger partial charge < -0.3 is 71.8 Å². The number of ether oxygens (including phenoxy) is 13. The molecule has 1 aliphatic rings. The number of carbonyl (C=O) groups excluding carboxylic acids is 1. The number of nitrogens with zero attached hydrogens (tertiary/aromatic N) is 4. The van der Waals surface area contributed by atoms with Gasteiger partial charge in [0.25, 0.3) is 10.0 Å². The minimum absolute atomic E-state index is 0.0559. The molecule has 1 aliphatic heterocycles. The number of anilines is 1. The molecule has 22 nitrogen and oxygen atoms in total. The van der Waals surface area contributed by atoms with Crippen molar-refractivity contribution in [2.75, 3.05) is 183 Å². The first-order chi connectivity index (χ1) is 41.8. The van der Waals surface area contributed by atoms with Crippen LogP contribution in [0.15, 0.2) is 102 Å². The van der Waals surface area contributed by atoms with E-state index >= 15 is 0 Å². The Balaban J connectivity index is 0.733. The van der Waals surface area contributed by atoms with Crippen LogP contribution in [0.1, 0.15) is 36.8 Å². The molecule has 1 fully saturated rings. The molecule has 0 radical (unpaired) electrons. The highest BCUT2D eigenvalue weighted by atomic mass is 32.2. The second kappa shape index (κ2) is 42.3. The van der Waals surface area contributed by atoms with Crippen LogP contribution in [-0.2, 0) is 78.2 Å². The van der Waals surface area contributed by atoms with Crippen molar-refractivity contribution in [3.8, 4) is 39.8 Å². The summed E-state index contributed by atoms with van der Waals surface area (Å²) in [5.74, 6) is 1.37. The predicted octanol–water partition coefficient (Wildman–Crippen LogP) is 7.27. The second-order valence-corrected chi connectivity index (χ2v) is 21.7. The Hall–Kier alpha value is -5.57. The van der Waals surface area contributed by atoms with Crippen LogP contribution >= 0.6 is 11.5 Å². The van der Waals surface area contributed by atoms with Gasteiger partial charge in [-0.3, -0.25) is 9.52 Å². The van der Waals surface area contributed by atoms with Gasteiger partial charge in [-0.15, -0.1) is 0 Å². The van der Waals surface area contributed by atoms with Gasteiger partial charge in [0.2, 0.25) is 11.0 Å². The van der Waals surface area contributed by atoms with Crippen LogP contribution in [0.2, 0.25) is 0 Å². The number of likely N-dealkylation sites (tertiary alicyclic amines) is 1. The lowest BCUT2D eigenvalue weighted by atomic mass is 9.93. The number of nitriles is 1. The van der Waals surface area contributed by atoms with Crippen LogP contribution in [0, 0.1) is 17.2 Å². The van der Waals surface area contributed by atoms with Crippen molar-refractivity contribution in [3.05, 3.63) is 108 Å². The first-order valence-electron chi connectivity index (χ1n) is 29.0. The van der Waals surface area contributed by atoms with Gasteiger partial charge in [-0.25, -0.2) is 13.4 Å². The predicted molar refractivity (Wildman–Crippen MR) is 320 cm³/mol. The van der Waals surface area contributed by atoms with Crippen molar-refractivity contribution in [2.24, 2.45) is 5.92 Å². The van der Waals surface area contributed by atoms with Crippen molar-refractivity contribution in [1.29, 1.82) is 5.26 Å². The molecule has 0 spiro atoms. The largest absolute Gasteiger partial charge is 0.455 e. The van der Waals surface area contributed by atoms with Crippen molar-refractivity contribution in [1.82, 2.24) is 19.6 Å². The van der Waals surface area contributed by atoms with Crippen molar-refractivity contribution in [2.45, 2.75) is 37.1 Å². The third kappa shape index (κ3) is 27.8. The van der Waals surface area contributed by atoms with E-state index in [1.807, 2.05) is 59.5 Å². The molecule has 4 aromatic carbocycles. The Morgan fingerprint density at radius 1 is 0.600 bits per heavy atom. The summed E-state index contributed by atoms with van der Waals surface area (Å²) in [4.78, 5) is 18.7. The van der Waals surface area contributed by atoms with Crippen LogP contribution in [0.25, 0.3) is 22.3 Å². The fraction of sp³-hybridized carbons (Fsp3) is 0.541. The number of amides is 1. The zero-order valence-corrected chi connectivity index (χ0v) is 50.5. The van der Waals surface area contributed by atoms with Crippen molar-refractivity contribution < 1.29 is 74.8 Å². The average molecular weight is 1220 g/mol. The summed E-state index contributed by atoms with van der Waals surface area (Å²) in [6, 6.07) is 30.5. The topological polar surface area (TPSA) is 248 Å². The molecule has 0 saturated carbocycles. The quantitative estimate of drug-likeness (QED) is 0.0363. The summed E-state index contributed by atoms with van der Waals surface area (Å²) in [6.45, 7) is 14.1. The Labute approximate surface area is 504 Å². The number of sulfonamides is 1. The normalized spacial score (nSPS) is 12.9. The highest BCUT2D eigenvalue weighted by Gasteiger charge is 2.23. The number of methoxy groups -OCH3 is 1. The smallest absolute Gasteiger partial charge is 0.263 e. The highest BCUT2D eigenvalue weighted by Crippen LogP contribution is 2.39. The molecule has 466 valence electrons. The third-order valence-electron chi connectivity index (χ3n) is 13.1. The van der Waals surface area contributed by atoms with Gasteiger partial charge >= 0.3 is 0 Å². The fourth-order valence-electron chi connectivity index (χ4n) is 8.64. The monoisotopic (exact) mass is 1220 g/mol. The maximum absolute atomic E-state index is 13.1. The van der Waals surface area contributed by atoms with Crippen molar-refractivity contribution >= 4 is 32.6 Å². The number of benzene rings is 4. The number of nitrogens with one attached hydrogen (secondary N) is 2. The molecule has 1 aromatic heterocycles. The molecule has 6 rings (SSSR count). The van der Waals surface area contributed by atoms with Gasteiger partial charge in [0.1, 0.15) is 23.9 Å². The minimum Gasteiger partial charge on any atom is -0.455 e. The van der Waals surface area contributed by atoms with Crippen LogP contribution < -0.4 is 14.8 Å². The summed E-state index contributed by atoms with van der Waals surface area (Å²) in [7, 11) is -2.38. The van der Waals surface area contributed by atoms with Crippen molar-refractivity contribution in [3.63, 3.8) is 0 Å². The molecular weight excluding hydrogens is 1140 g/mol. The summed E-state index contributed by atoms with van der Waals surface area (Å²) < 4.78 is 104. The number of carbonyl (C=O) groups is 1. The van der Waals surface area contributed by atoms with Gasteiger partial charge in [0, 0.05) is 43.8 Å². The van der Waals surface area contributed by atoms with E-state index in [0.717, 1.165) is 78.2 Å². The number of piperidine rings is 1. The molecule has 24 heteroatoms. The molecule has 2 N–H and O–H groups in total. The Kier molecular flexibility index (Phi) is 34.1. The van der Waals surface area contributed by atoms with Gasteiger partial charge in [-0.05, 0) is 90.4 Å². The van der Waals surface area contributed by atoms with Crippen LogP contribution in [0.5, 0.6) is 11.5 Å². The zero-order chi connectivity index (χ0) is 59.7. The Morgan fingerprint density at radius 2 is 1.12 bits per heavy atom.